The molecule has 9 heavy (non-hydrogen) atoms. The average Bonchev–Trinajstić information content (AvgIpc) is 2.17. The highest BCUT2D eigenvalue weighted by atomic mass is 35.5. The first-order valence-electron chi connectivity index (χ1n) is 2.83. The predicted molar refractivity (Wildman–Crippen MR) is 33.6 cm³/mol. The predicted octanol–water partition coefficient (Wildman–Crippen LogP) is 0.724. The van der Waals surface area contributed by atoms with E-state index in [0.717, 1.165) is 6.42 Å². The number of hydrogen-bond acceptors (Lipinski definition) is 2. The molecule has 1 N–H and O–H groups in total. The number of alkyl halides is 1. The van der Waals surface area contributed by atoms with E-state index in [1.807, 2.05) is 0 Å². The number of carbonyl (C=O) groups is 1. The molecule has 1 atom stereocenters. The maximum absolute atomic E-state index is 10.4. The summed E-state index contributed by atoms with van der Waals surface area (Å²) in [5, 5.41) is 2.53. The average molecular weight is 150 g/mol. The molecular weight excluding hydrogens is 142 g/mol. The molecule has 4 heteroatoms. The first kappa shape index (κ1) is 6.68. The fourth-order valence-corrected chi connectivity index (χ4v) is 0.958. The van der Waals surface area contributed by atoms with Crippen molar-refractivity contribution in [3.05, 3.63) is 0 Å². The lowest BCUT2D eigenvalue weighted by Crippen LogP contribution is -2.14. The van der Waals surface area contributed by atoms with E-state index in [1.54, 1.807) is 0 Å². The fourth-order valence-electron chi connectivity index (χ4n) is 0.715. The molecule has 1 amide bonds. The Kier molecular flexibility index (Phi) is 2.16. The van der Waals surface area contributed by atoms with Crippen LogP contribution < -0.4 is 5.32 Å². The molecule has 1 fully saturated rings. The van der Waals surface area contributed by atoms with E-state index in [2.05, 4.69) is 5.32 Å². The second-order valence-electron chi connectivity index (χ2n) is 1.89. The highest BCUT2D eigenvalue weighted by molar-refractivity contribution is 6.17. The maximum Gasteiger partial charge on any atom is 0.407 e. The van der Waals surface area contributed by atoms with Crippen LogP contribution in [0, 0.1) is 0 Å². The molecule has 0 saturated carbocycles. The van der Waals surface area contributed by atoms with Gasteiger partial charge in [0.15, 0.2) is 0 Å². The minimum atomic E-state index is -0.329. The largest absolute Gasteiger partial charge is 0.444 e. The van der Waals surface area contributed by atoms with Gasteiger partial charge in [-0.15, -0.1) is 11.6 Å². The number of cyclic esters (lactones) is 1. The van der Waals surface area contributed by atoms with Crippen LogP contribution >= 0.6 is 11.6 Å². The van der Waals surface area contributed by atoms with Crippen LogP contribution in [-0.2, 0) is 4.74 Å². The lowest BCUT2D eigenvalue weighted by molar-refractivity contribution is 0.139. The van der Waals surface area contributed by atoms with Crippen molar-refractivity contribution in [2.24, 2.45) is 0 Å². The van der Waals surface area contributed by atoms with Crippen LogP contribution in [-0.4, -0.2) is 24.6 Å². The van der Waals surface area contributed by atoms with E-state index in [-0.39, 0.29) is 12.2 Å². The third kappa shape index (κ3) is 1.75. The number of ether oxygens (including phenoxy) is 1. The monoisotopic (exact) mass is 149 g/mol. The van der Waals surface area contributed by atoms with Crippen LogP contribution in [0.25, 0.3) is 0 Å². The van der Waals surface area contributed by atoms with Crippen LogP contribution in [0.2, 0.25) is 0 Å². The molecule has 0 aromatic rings. The third-order valence-corrected chi connectivity index (χ3v) is 1.40. The zero-order chi connectivity index (χ0) is 6.69. The molecule has 1 heterocycles. The summed E-state index contributed by atoms with van der Waals surface area (Å²) in [6, 6.07) is 0. The Morgan fingerprint density at radius 1 is 1.89 bits per heavy atom. The highest BCUT2D eigenvalue weighted by Gasteiger charge is 2.20. The fraction of sp³-hybridized carbons (Fsp3) is 0.800. The van der Waals surface area contributed by atoms with E-state index < -0.39 is 0 Å². The first-order chi connectivity index (χ1) is 4.33. The Morgan fingerprint density at radius 2 is 2.67 bits per heavy atom. The van der Waals surface area contributed by atoms with Crippen molar-refractivity contribution in [3.63, 3.8) is 0 Å². The molecule has 1 aliphatic rings. The third-order valence-electron chi connectivity index (χ3n) is 1.18. The van der Waals surface area contributed by atoms with Crippen LogP contribution in [0.1, 0.15) is 6.42 Å². The summed E-state index contributed by atoms with van der Waals surface area (Å²) in [5.41, 5.74) is 0. The molecule has 1 saturated heterocycles. The van der Waals surface area contributed by atoms with Gasteiger partial charge in [0.2, 0.25) is 0 Å². The zero-order valence-electron chi connectivity index (χ0n) is 4.89. The normalized spacial score (nSPS) is 25.4. The van der Waals surface area contributed by atoms with Gasteiger partial charge in [-0.1, -0.05) is 0 Å². The molecule has 1 rings (SSSR count). The van der Waals surface area contributed by atoms with E-state index in [0.29, 0.717) is 12.4 Å². The van der Waals surface area contributed by atoms with Crippen molar-refractivity contribution in [2.75, 3.05) is 12.4 Å². The summed E-state index contributed by atoms with van der Waals surface area (Å²) < 4.78 is 4.77. The van der Waals surface area contributed by atoms with Gasteiger partial charge in [-0.2, -0.15) is 0 Å². The van der Waals surface area contributed by atoms with Crippen LogP contribution in [0.4, 0.5) is 4.79 Å². The first-order valence-corrected chi connectivity index (χ1v) is 3.37. The zero-order valence-corrected chi connectivity index (χ0v) is 5.65. The molecule has 0 aromatic carbocycles. The van der Waals surface area contributed by atoms with Crippen molar-refractivity contribution >= 4 is 17.7 Å². The minimum absolute atomic E-state index is 0.00463. The molecule has 3 nitrogen and oxygen atoms in total. The SMILES string of the molecule is O=C1NC[C@H](CCCl)O1. The topological polar surface area (TPSA) is 38.3 Å². The van der Waals surface area contributed by atoms with Gasteiger partial charge in [0.1, 0.15) is 6.10 Å². The smallest absolute Gasteiger partial charge is 0.407 e. The standard InChI is InChI=1S/C5H8ClNO2/c6-2-1-4-3-7-5(8)9-4/h4H,1-3H2,(H,7,8)/t4-/m0/s1. The molecule has 0 aliphatic carbocycles. The molecule has 0 radical (unpaired) electrons. The van der Waals surface area contributed by atoms with Gasteiger partial charge in [0.05, 0.1) is 6.54 Å². The van der Waals surface area contributed by atoms with Crippen molar-refractivity contribution in [3.8, 4) is 0 Å². The summed E-state index contributed by atoms with van der Waals surface area (Å²) in [4.78, 5) is 10.4. The van der Waals surface area contributed by atoms with Crippen molar-refractivity contribution < 1.29 is 9.53 Å². The van der Waals surface area contributed by atoms with Gasteiger partial charge in [-0.05, 0) is 6.42 Å². The number of carbonyl (C=O) groups excluding carboxylic acids is 1. The van der Waals surface area contributed by atoms with Crippen molar-refractivity contribution in [1.82, 2.24) is 5.32 Å². The quantitative estimate of drug-likeness (QED) is 0.588. The summed E-state index contributed by atoms with van der Waals surface area (Å²) >= 11 is 5.41. The lowest BCUT2D eigenvalue weighted by Gasteiger charge is -2.01. The second kappa shape index (κ2) is 2.92. The summed E-state index contributed by atoms with van der Waals surface area (Å²) in [6.45, 7) is 0.603. The minimum Gasteiger partial charge on any atom is -0.444 e. The number of alkyl carbamates (subject to hydrolysis) is 1. The number of amides is 1. The van der Waals surface area contributed by atoms with Gasteiger partial charge in [0.25, 0.3) is 0 Å². The maximum atomic E-state index is 10.4. The van der Waals surface area contributed by atoms with Crippen molar-refractivity contribution in [2.45, 2.75) is 12.5 Å². The number of rotatable bonds is 2. The van der Waals surface area contributed by atoms with E-state index in [4.69, 9.17) is 16.3 Å². The Hall–Kier alpha value is -0.440. The molecule has 0 unspecified atom stereocenters. The van der Waals surface area contributed by atoms with Crippen molar-refractivity contribution in [1.29, 1.82) is 0 Å². The molecule has 0 spiro atoms. The Morgan fingerprint density at radius 3 is 3.11 bits per heavy atom. The Bertz CT molecular complexity index is 118. The van der Waals surface area contributed by atoms with E-state index >= 15 is 0 Å². The molecule has 0 bridgehead atoms. The molecule has 1 aliphatic heterocycles. The van der Waals surface area contributed by atoms with E-state index in [1.165, 1.54) is 0 Å². The van der Waals surface area contributed by atoms with Gasteiger partial charge < -0.3 is 10.1 Å². The Balaban J connectivity index is 2.22. The van der Waals surface area contributed by atoms with Gasteiger partial charge in [-0.3, -0.25) is 0 Å². The van der Waals surface area contributed by atoms with Crippen LogP contribution in [0.15, 0.2) is 0 Å². The second-order valence-corrected chi connectivity index (χ2v) is 2.26. The molecular formula is C5H8ClNO2. The summed E-state index contributed by atoms with van der Waals surface area (Å²) in [5.74, 6) is 0.541. The molecule has 0 aromatic heterocycles. The summed E-state index contributed by atoms with van der Waals surface area (Å²) in [7, 11) is 0. The number of halogens is 1. The number of nitrogens with one attached hydrogen (secondary N) is 1. The summed E-state index contributed by atoms with van der Waals surface area (Å²) in [6.07, 6.45) is 0.403. The Labute approximate surface area is 58.3 Å². The van der Waals surface area contributed by atoms with Gasteiger partial charge >= 0.3 is 6.09 Å². The van der Waals surface area contributed by atoms with Gasteiger partial charge in [0, 0.05) is 5.88 Å². The van der Waals surface area contributed by atoms with Gasteiger partial charge in [-0.25, -0.2) is 4.79 Å². The number of hydrogen-bond donors (Lipinski definition) is 1. The van der Waals surface area contributed by atoms with Crippen LogP contribution in [0.5, 0.6) is 0 Å². The molecule has 52 valence electrons. The lowest BCUT2D eigenvalue weighted by atomic mass is 10.3. The van der Waals surface area contributed by atoms with E-state index in [9.17, 15) is 4.79 Å². The van der Waals surface area contributed by atoms with Crippen LogP contribution in [0.3, 0.4) is 0 Å². The highest BCUT2D eigenvalue weighted by Crippen LogP contribution is 2.04.